The summed E-state index contributed by atoms with van der Waals surface area (Å²) >= 11 is 1.50. The molecule has 4 nitrogen and oxygen atoms in total. The number of aromatic nitrogens is 1. The van der Waals surface area contributed by atoms with Gasteiger partial charge in [0.05, 0.1) is 6.20 Å². The first kappa shape index (κ1) is 14.5. The van der Waals surface area contributed by atoms with Gasteiger partial charge >= 0.3 is 5.97 Å². The number of carbonyl (C=O) groups excluding carboxylic acids is 1. The Labute approximate surface area is 122 Å². The molecule has 0 aliphatic heterocycles. The van der Waals surface area contributed by atoms with Gasteiger partial charge in [0.15, 0.2) is 0 Å². The lowest BCUT2D eigenvalue weighted by atomic mass is 10.2. The van der Waals surface area contributed by atoms with Crippen molar-refractivity contribution >= 4 is 17.3 Å². The SMILES string of the molecule is CCc1sc(C(=O)OCCOc2cccnc2)cc1C. The van der Waals surface area contributed by atoms with Gasteiger partial charge in [-0.2, -0.15) is 0 Å². The first-order valence-corrected chi connectivity index (χ1v) is 7.31. The summed E-state index contributed by atoms with van der Waals surface area (Å²) in [6.07, 6.45) is 4.24. The van der Waals surface area contributed by atoms with Crippen LogP contribution in [0.2, 0.25) is 0 Å². The van der Waals surface area contributed by atoms with E-state index < -0.39 is 0 Å². The molecule has 0 spiro atoms. The molecule has 0 fully saturated rings. The third-order valence-corrected chi connectivity index (χ3v) is 4.12. The number of esters is 1. The number of hydrogen-bond donors (Lipinski definition) is 0. The normalized spacial score (nSPS) is 10.3. The van der Waals surface area contributed by atoms with Gasteiger partial charge in [0.1, 0.15) is 23.8 Å². The van der Waals surface area contributed by atoms with Gasteiger partial charge in [0.2, 0.25) is 0 Å². The maximum atomic E-state index is 11.9. The largest absolute Gasteiger partial charge is 0.488 e. The lowest BCUT2D eigenvalue weighted by Crippen LogP contribution is -2.11. The van der Waals surface area contributed by atoms with Crippen LogP contribution in [-0.4, -0.2) is 24.2 Å². The number of hydrogen-bond acceptors (Lipinski definition) is 5. The molecule has 0 saturated heterocycles. The van der Waals surface area contributed by atoms with E-state index in [-0.39, 0.29) is 12.6 Å². The van der Waals surface area contributed by atoms with Crippen molar-refractivity contribution in [3.05, 3.63) is 45.9 Å². The van der Waals surface area contributed by atoms with Gasteiger partial charge in [0.25, 0.3) is 0 Å². The Hall–Kier alpha value is -1.88. The molecule has 106 valence electrons. The standard InChI is InChI=1S/C15H17NO3S/c1-3-13-11(2)9-14(20-13)15(17)19-8-7-18-12-5-4-6-16-10-12/h4-6,9-10H,3,7-8H2,1-2H3. The zero-order valence-electron chi connectivity index (χ0n) is 11.6. The van der Waals surface area contributed by atoms with Gasteiger partial charge in [-0.15, -0.1) is 11.3 Å². The van der Waals surface area contributed by atoms with Crippen molar-refractivity contribution in [2.75, 3.05) is 13.2 Å². The van der Waals surface area contributed by atoms with Gasteiger partial charge in [-0.1, -0.05) is 6.92 Å². The molecule has 2 aromatic heterocycles. The van der Waals surface area contributed by atoms with Crippen LogP contribution in [0.15, 0.2) is 30.6 Å². The van der Waals surface area contributed by atoms with Crippen molar-refractivity contribution in [1.82, 2.24) is 4.98 Å². The van der Waals surface area contributed by atoms with Crippen LogP contribution in [0, 0.1) is 6.92 Å². The average Bonchev–Trinajstić information content (AvgIpc) is 2.86. The predicted molar refractivity (Wildman–Crippen MR) is 78.4 cm³/mol. The molecule has 0 atom stereocenters. The molecule has 0 saturated carbocycles. The molecule has 0 unspecified atom stereocenters. The van der Waals surface area contributed by atoms with Gasteiger partial charge in [-0.3, -0.25) is 4.98 Å². The number of ether oxygens (including phenoxy) is 2. The molecule has 0 aromatic carbocycles. The zero-order valence-corrected chi connectivity index (χ0v) is 12.4. The number of aryl methyl sites for hydroxylation is 2. The van der Waals surface area contributed by atoms with Crippen molar-refractivity contribution in [3.63, 3.8) is 0 Å². The van der Waals surface area contributed by atoms with Crippen molar-refractivity contribution in [1.29, 1.82) is 0 Å². The van der Waals surface area contributed by atoms with E-state index >= 15 is 0 Å². The number of pyridine rings is 1. The van der Waals surface area contributed by atoms with Crippen LogP contribution in [0.3, 0.4) is 0 Å². The summed E-state index contributed by atoms with van der Waals surface area (Å²) in [6, 6.07) is 5.49. The third-order valence-electron chi connectivity index (χ3n) is 2.76. The van der Waals surface area contributed by atoms with Crippen molar-refractivity contribution in [2.24, 2.45) is 0 Å². The first-order valence-electron chi connectivity index (χ1n) is 6.50. The van der Waals surface area contributed by atoms with Crippen LogP contribution >= 0.6 is 11.3 Å². The topological polar surface area (TPSA) is 48.4 Å². The first-order chi connectivity index (χ1) is 9.70. The fourth-order valence-electron chi connectivity index (χ4n) is 1.77. The van der Waals surface area contributed by atoms with Crippen molar-refractivity contribution in [3.8, 4) is 5.75 Å². The Morgan fingerprint density at radius 3 is 2.90 bits per heavy atom. The minimum Gasteiger partial charge on any atom is -0.488 e. The van der Waals surface area contributed by atoms with E-state index in [1.54, 1.807) is 18.5 Å². The molecule has 0 amide bonds. The van der Waals surface area contributed by atoms with Crippen LogP contribution in [0.5, 0.6) is 5.75 Å². The molecule has 0 N–H and O–H groups in total. The number of thiophene rings is 1. The predicted octanol–water partition coefficient (Wildman–Crippen LogP) is 3.25. The quantitative estimate of drug-likeness (QED) is 0.605. The molecule has 20 heavy (non-hydrogen) atoms. The highest BCUT2D eigenvalue weighted by molar-refractivity contribution is 7.14. The number of rotatable bonds is 6. The van der Waals surface area contributed by atoms with Crippen LogP contribution in [-0.2, 0) is 11.2 Å². The molecule has 2 rings (SSSR count). The molecule has 0 aliphatic rings. The van der Waals surface area contributed by atoms with Crippen LogP contribution < -0.4 is 4.74 Å². The van der Waals surface area contributed by atoms with Gasteiger partial charge < -0.3 is 9.47 Å². The lowest BCUT2D eigenvalue weighted by Gasteiger charge is -2.05. The Morgan fingerprint density at radius 1 is 1.40 bits per heavy atom. The summed E-state index contributed by atoms with van der Waals surface area (Å²) in [4.78, 5) is 17.7. The second-order valence-electron chi connectivity index (χ2n) is 4.24. The second kappa shape index (κ2) is 7.05. The minimum absolute atomic E-state index is 0.228. The highest BCUT2D eigenvalue weighted by Crippen LogP contribution is 2.22. The average molecular weight is 291 g/mol. The molecule has 2 aromatic rings. The molecule has 0 radical (unpaired) electrons. The van der Waals surface area contributed by atoms with E-state index in [4.69, 9.17) is 9.47 Å². The van der Waals surface area contributed by atoms with Crippen LogP contribution in [0.4, 0.5) is 0 Å². The van der Waals surface area contributed by atoms with Gasteiger partial charge in [-0.05, 0) is 37.1 Å². The van der Waals surface area contributed by atoms with E-state index in [1.807, 2.05) is 19.1 Å². The van der Waals surface area contributed by atoms with E-state index in [2.05, 4.69) is 11.9 Å². The second-order valence-corrected chi connectivity index (χ2v) is 5.38. The van der Waals surface area contributed by atoms with E-state index in [9.17, 15) is 4.79 Å². The molecule has 0 aliphatic carbocycles. The summed E-state index contributed by atoms with van der Waals surface area (Å²) < 4.78 is 10.6. The fraction of sp³-hybridized carbons (Fsp3) is 0.333. The Balaban J connectivity index is 1.77. The summed E-state index contributed by atoms with van der Waals surface area (Å²) in [7, 11) is 0. The maximum absolute atomic E-state index is 11.9. The Kier molecular flexibility index (Phi) is 5.12. The van der Waals surface area contributed by atoms with E-state index in [0.717, 1.165) is 12.0 Å². The third kappa shape index (κ3) is 3.81. The zero-order chi connectivity index (χ0) is 14.4. The van der Waals surface area contributed by atoms with Crippen LogP contribution in [0.1, 0.15) is 27.0 Å². The lowest BCUT2D eigenvalue weighted by molar-refractivity contribution is 0.0456. The van der Waals surface area contributed by atoms with Gasteiger partial charge in [0, 0.05) is 11.1 Å². The highest BCUT2D eigenvalue weighted by atomic mass is 32.1. The monoisotopic (exact) mass is 291 g/mol. The highest BCUT2D eigenvalue weighted by Gasteiger charge is 2.12. The fourth-order valence-corrected chi connectivity index (χ4v) is 2.78. The van der Waals surface area contributed by atoms with Gasteiger partial charge in [-0.25, -0.2) is 4.79 Å². The van der Waals surface area contributed by atoms with E-state index in [0.29, 0.717) is 17.2 Å². The number of nitrogens with zero attached hydrogens (tertiary/aromatic N) is 1. The van der Waals surface area contributed by atoms with E-state index in [1.165, 1.54) is 16.2 Å². The molecule has 0 bridgehead atoms. The molecular weight excluding hydrogens is 274 g/mol. The number of carbonyl (C=O) groups is 1. The smallest absolute Gasteiger partial charge is 0.348 e. The molecule has 5 heteroatoms. The maximum Gasteiger partial charge on any atom is 0.348 e. The van der Waals surface area contributed by atoms with Crippen molar-refractivity contribution < 1.29 is 14.3 Å². The van der Waals surface area contributed by atoms with Crippen LogP contribution in [0.25, 0.3) is 0 Å². The molecular formula is C15H17NO3S. The molecule has 2 heterocycles. The summed E-state index contributed by atoms with van der Waals surface area (Å²) in [6.45, 7) is 4.64. The van der Waals surface area contributed by atoms with Crippen molar-refractivity contribution in [2.45, 2.75) is 20.3 Å². The summed E-state index contributed by atoms with van der Waals surface area (Å²) in [5.41, 5.74) is 1.15. The Morgan fingerprint density at radius 2 is 2.25 bits per heavy atom. The summed E-state index contributed by atoms with van der Waals surface area (Å²) in [5.74, 6) is 0.386. The minimum atomic E-state index is -0.285. The Bertz CT molecular complexity index is 566. The summed E-state index contributed by atoms with van der Waals surface area (Å²) in [5, 5.41) is 0.